The van der Waals surface area contributed by atoms with Gasteiger partial charge in [0.15, 0.2) is 0 Å². The highest BCUT2D eigenvalue weighted by Gasteiger charge is 2.52. The van der Waals surface area contributed by atoms with Crippen molar-refractivity contribution in [2.24, 2.45) is 11.7 Å². The standard InChI is InChI=1S/C29H39FN4O5/c1-29(2,3)39-28(37)34-21-7-6-20(12-21)25(34)27(36)32-24(26(31)35)14-19-5-4-18(13-23(19)30)17-8-10-33(11-9-17)22-15-38-16-22/h4-5,8,13,20-22,24-25H,6-7,9-12,14-16H2,1-3H3,(H2,31,35)(H,32,36)/t20-,21+,24-,25-/m0/s1. The summed E-state index contributed by atoms with van der Waals surface area (Å²) in [6.07, 6.45) is 4.70. The molecule has 3 N–H and O–H groups in total. The molecule has 3 aliphatic heterocycles. The molecule has 0 spiro atoms. The van der Waals surface area contributed by atoms with Gasteiger partial charge in [-0.2, -0.15) is 0 Å². The molecule has 5 rings (SSSR count). The number of nitrogens with two attached hydrogens (primary N) is 1. The van der Waals surface area contributed by atoms with Gasteiger partial charge in [0.25, 0.3) is 0 Å². The van der Waals surface area contributed by atoms with Crippen LogP contribution in [-0.4, -0.2) is 83.8 Å². The van der Waals surface area contributed by atoms with E-state index in [2.05, 4.69) is 16.3 Å². The Morgan fingerprint density at radius 3 is 2.56 bits per heavy atom. The smallest absolute Gasteiger partial charge is 0.411 e. The highest BCUT2D eigenvalue weighted by Crippen LogP contribution is 2.43. The van der Waals surface area contributed by atoms with E-state index in [4.69, 9.17) is 15.2 Å². The molecular formula is C29H39FN4O5. The summed E-state index contributed by atoms with van der Waals surface area (Å²) in [4.78, 5) is 42.5. The molecule has 1 aliphatic carbocycles. The molecule has 10 heteroatoms. The number of piperidine rings is 1. The van der Waals surface area contributed by atoms with Crippen molar-refractivity contribution < 1.29 is 28.2 Å². The van der Waals surface area contributed by atoms with E-state index in [0.717, 1.165) is 63.1 Å². The summed E-state index contributed by atoms with van der Waals surface area (Å²) < 4.78 is 26.0. The van der Waals surface area contributed by atoms with E-state index in [1.807, 2.05) is 6.07 Å². The number of likely N-dealkylation sites (tertiary alicyclic amines) is 1. The number of halogens is 1. The molecule has 4 atom stereocenters. The van der Waals surface area contributed by atoms with Crippen LogP contribution in [0.1, 0.15) is 57.6 Å². The first-order chi connectivity index (χ1) is 18.5. The quantitative estimate of drug-likeness (QED) is 0.548. The molecule has 3 fully saturated rings. The van der Waals surface area contributed by atoms with Gasteiger partial charge >= 0.3 is 6.09 Å². The number of carbonyl (C=O) groups is 3. The summed E-state index contributed by atoms with van der Waals surface area (Å²) in [6, 6.07) is 3.56. The summed E-state index contributed by atoms with van der Waals surface area (Å²) in [5.41, 5.74) is 7.14. The Morgan fingerprint density at radius 2 is 1.97 bits per heavy atom. The Labute approximate surface area is 228 Å². The third-order valence-corrected chi connectivity index (χ3v) is 8.34. The van der Waals surface area contributed by atoms with Crippen molar-refractivity contribution in [3.8, 4) is 0 Å². The fourth-order valence-electron chi connectivity index (χ4n) is 6.23. The Morgan fingerprint density at radius 1 is 1.21 bits per heavy atom. The minimum Gasteiger partial charge on any atom is -0.444 e. The molecule has 0 aromatic heterocycles. The van der Waals surface area contributed by atoms with Crippen LogP contribution in [0, 0.1) is 11.7 Å². The van der Waals surface area contributed by atoms with Crippen LogP contribution in [0.2, 0.25) is 0 Å². The van der Waals surface area contributed by atoms with Crippen LogP contribution in [-0.2, 0) is 25.5 Å². The number of benzene rings is 1. The third-order valence-electron chi connectivity index (χ3n) is 8.34. The third kappa shape index (κ3) is 5.96. The zero-order valence-electron chi connectivity index (χ0n) is 23.0. The SMILES string of the molecule is CC(C)(C)OC(=O)N1[C@@H]2CC[C@@H](C2)[C@H]1C(=O)N[C@@H](Cc1ccc(C2=CCN(C3COC3)CC2)cc1F)C(N)=O. The molecule has 212 valence electrons. The number of nitrogens with zero attached hydrogens (tertiary/aromatic N) is 2. The summed E-state index contributed by atoms with van der Waals surface area (Å²) in [7, 11) is 0. The van der Waals surface area contributed by atoms with Gasteiger partial charge < -0.3 is 20.5 Å². The van der Waals surface area contributed by atoms with Crippen molar-refractivity contribution in [2.75, 3.05) is 26.3 Å². The molecule has 0 radical (unpaired) electrons. The monoisotopic (exact) mass is 542 g/mol. The second kappa shape index (κ2) is 10.9. The number of hydrogen-bond acceptors (Lipinski definition) is 6. The lowest BCUT2D eigenvalue weighted by Crippen LogP contribution is -2.57. The highest BCUT2D eigenvalue weighted by molar-refractivity contribution is 5.91. The van der Waals surface area contributed by atoms with Crippen molar-refractivity contribution in [1.82, 2.24) is 15.1 Å². The lowest BCUT2D eigenvalue weighted by Gasteiger charge is -2.38. The van der Waals surface area contributed by atoms with Gasteiger partial charge in [-0.1, -0.05) is 18.2 Å². The second-order valence-electron chi connectivity index (χ2n) is 12.2. The molecule has 1 aromatic carbocycles. The molecule has 9 nitrogen and oxygen atoms in total. The maximum Gasteiger partial charge on any atom is 0.411 e. The number of amides is 3. The zero-order chi connectivity index (χ0) is 27.9. The predicted molar refractivity (Wildman–Crippen MR) is 143 cm³/mol. The normalized spacial score (nSPS) is 26.1. The Bertz CT molecular complexity index is 1160. The largest absolute Gasteiger partial charge is 0.444 e. The number of ether oxygens (including phenoxy) is 2. The van der Waals surface area contributed by atoms with Gasteiger partial charge in [-0.15, -0.1) is 0 Å². The topological polar surface area (TPSA) is 114 Å². The highest BCUT2D eigenvalue weighted by atomic mass is 19.1. The van der Waals surface area contributed by atoms with Gasteiger partial charge in [0, 0.05) is 25.6 Å². The van der Waals surface area contributed by atoms with Crippen LogP contribution in [0.5, 0.6) is 0 Å². The van der Waals surface area contributed by atoms with Crippen LogP contribution in [0.4, 0.5) is 9.18 Å². The molecule has 1 aromatic rings. The Hall–Kier alpha value is -2.98. The van der Waals surface area contributed by atoms with Gasteiger partial charge in [-0.05, 0) is 75.1 Å². The fourth-order valence-corrected chi connectivity index (χ4v) is 6.23. The van der Waals surface area contributed by atoms with Gasteiger partial charge in [-0.25, -0.2) is 9.18 Å². The van der Waals surface area contributed by atoms with Crippen LogP contribution < -0.4 is 11.1 Å². The molecule has 4 aliphatic rings. The Balaban J connectivity index is 1.25. The molecule has 2 bridgehead atoms. The van der Waals surface area contributed by atoms with Crippen molar-refractivity contribution in [2.45, 2.75) is 82.6 Å². The van der Waals surface area contributed by atoms with E-state index in [1.165, 1.54) is 11.0 Å². The summed E-state index contributed by atoms with van der Waals surface area (Å²) in [5.74, 6) is -1.67. The Kier molecular flexibility index (Phi) is 7.70. The van der Waals surface area contributed by atoms with E-state index < -0.39 is 41.4 Å². The van der Waals surface area contributed by atoms with E-state index >= 15 is 4.39 Å². The summed E-state index contributed by atoms with van der Waals surface area (Å²) >= 11 is 0. The van der Waals surface area contributed by atoms with Gasteiger partial charge in [-0.3, -0.25) is 19.4 Å². The molecule has 3 heterocycles. The van der Waals surface area contributed by atoms with E-state index in [9.17, 15) is 14.4 Å². The van der Waals surface area contributed by atoms with E-state index in [0.29, 0.717) is 11.6 Å². The number of primary amides is 1. The fraction of sp³-hybridized carbons (Fsp3) is 0.621. The first-order valence-electron chi connectivity index (χ1n) is 13.9. The van der Waals surface area contributed by atoms with E-state index in [-0.39, 0.29) is 18.4 Å². The number of nitrogens with one attached hydrogen (secondary N) is 1. The summed E-state index contributed by atoms with van der Waals surface area (Å²) in [5, 5.41) is 2.71. The lowest BCUT2D eigenvalue weighted by atomic mass is 9.95. The average Bonchev–Trinajstić information content (AvgIpc) is 3.45. The van der Waals surface area contributed by atoms with Crippen molar-refractivity contribution in [3.05, 3.63) is 41.2 Å². The number of rotatable bonds is 7. The number of hydrogen-bond donors (Lipinski definition) is 2. The maximum absolute atomic E-state index is 15.2. The zero-order valence-corrected chi connectivity index (χ0v) is 23.0. The van der Waals surface area contributed by atoms with Crippen LogP contribution in [0.15, 0.2) is 24.3 Å². The molecule has 39 heavy (non-hydrogen) atoms. The lowest BCUT2D eigenvalue weighted by molar-refractivity contribution is -0.132. The second-order valence-corrected chi connectivity index (χ2v) is 12.2. The minimum absolute atomic E-state index is 0.0106. The average molecular weight is 543 g/mol. The van der Waals surface area contributed by atoms with Gasteiger partial charge in [0.1, 0.15) is 23.5 Å². The summed E-state index contributed by atoms with van der Waals surface area (Å²) in [6.45, 7) is 8.59. The number of carbonyl (C=O) groups excluding carboxylic acids is 3. The first-order valence-corrected chi connectivity index (χ1v) is 13.9. The molecule has 2 saturated heterocycles. The van der Waals surface area contributed by atoms with Crippen LogP contribution in [0.3, 0.4) is 0 Å². The van der Waals surface area contributed by atoms with Crippen molar-refractivity contribution in [3.63, 3.8) is 0 Å². The molecule has 3 amide bonds. The van der Waals surface area contributed by atoms with Gasteiger partial charge in [0.05, 0.1) is 19.3 Å². The van der Waals surface area contributed by atoms with Crippen molar-refractivity contribution in [1.29, 1.82) is 0 Å². The van der Waals surface area contributed by atoms with Crippen molar-refractivity contribution >= 4 is 23.5 Å². The minimum atomic E-state index is -1.11. The first kappa shape index (κ1) is 27.6. The van der Waals surface area contributed by atoms with Gasteiger partial charge in [0.2, 0.25) is 11.8 Å². The number of fused-ring (bicyclic) bond motifs is 2. The molecule has 1 saturated carbocycles. The van der Waals surface area contributed by atoms with Crippen LogP contribution in [0.25, 0.3) is 5.57 Å². The van der Waals surface area contributed by atoms with Crippen LogP contribution >= 0.6 is 0 Å². The molecular weight excluding hydrogens is 503 g/mol. The maximum atomic E-state index is 15.2. The molecule has 0 unspecified atom stereocenters. The van der Waals surface area contributed by atoms with E-state index in [1.54, 1.807) is 26.8 Å². The predicted octanol–water partition coefficient (Wildman–Crippen LogP) is 2.61.